The minimum absolute atomic E-state index is 0.167. The Hall–Kier alpha value is -1.38. The van der Waals surface area contributed by atoms with Crippen LogP contribution in [0.3, 0.4) is 0 Å². The van der Waals surface area contributed by atoms with Gasteiger partial charge in [-0.15, -0.1) is 0 Å². The van der Waals surface area contributed by atoms with Crippen molar-refractivity contribution in [3.05, 3.63) is 24.5 Å². The Morgan fingerprint density at radius 1 is 1.50 bits per heavy atom. The Morgan fingerprint density at radius 2 is 2.08 bits per heavy atom. The van der Waals surface area contributed by atoms with E-state index in [-0.39, 0.29) is 5.78 Å². The van der Waals surface area contributed by atoms with Crippen LogP contribution in [-0.4, -0.2) is 17.9 Å². The third kappa shape index (κ3) is 6.74. The second kappa shape index (κ2) is 6.34. The highest BCUT2D eigenvalue weighted by Gasteiger charge is 1.81. The van der Waals surface area contributed by atoms with Gasteiger partial charge in [-0.05, 0) is 26.0 Å². The van der Waals surface area contributed by atoms with Crippen LogP contribution in [0.5, 0.6) is 5.75 Å². The predicted molar refractivity (Wildman–Crippen MR) is 47.1 cm³/mol. The molecule has 3 nitrogen and oxygen atoms in total. The Morgan fingerprint density at radius 3 is 2.33 bits per heavy atom. The zero-order valence-electron chi connectivity index (χ0n) is 7.57. The number of ketones is 1. The van der Waals surface area contributed by atoms with Crippen LogP contribution in [0.15, 0.2) is 24.5 Å². The van der Waals surface area contributed by atoms with Crippen molar-refractivity contribution in [3.63, 3.8) is 0 Å². The summed E-state index contributed by atoms with van der Waals surface area (Å²) in [7, 11) is 1.62. The summed E-state index contributed by atoms with van der Waals surface area (Å²) in [6, 6.07) is 3.69. The zero-order chi connectivity index (χ0) is 9.40. The molecule has 0 aliphatic rings. The molecule has 0 aliphatic heterocycles. The molecule has 0 amide bonds. The molecular formula is C9H13NO2. The van der Waals surface area contributed by atoms with Gasteiger partial charge < -0.3 is 9.53 Å². The number of pyridine rings is 1. The van der Waals surface area contributed by atoms with Crippen LogP contribution in [0.1, 0.15) is 13.8 Å². The molecule has 0 N–H and O–H groups in total. The summed E-state index contributed by atoms with van der Waals surface area (Å²) in [6.45, 7) is 3.06. The number of Topliss-reactive ketones (excluding diaryl/α,β-unsaturated/α-hetero) is 1. The molecule has 0 radical (unpaired) electrons. The Balaban J connectivity index is 0.000000261. The normalized spacial score (nSPS) is 7.92. The van der Waals surface area contributed by atoms with Gasteiger partial charge in [0.1, 0.15) is 11.5 Å². The molecule has 1 heterocycles. The number of methoxy groups -OCH3 is 1. The standard InChI is InChI=1S/C6H7NO.C3H6O/c1-8-6-3-2-4-7-5-6;1-3(2)4/h2-5H,1H3;1-2H3. The van der Waals surface area contributed by atoms with Gasteiger partial charge in [-0.3, -0.25) is 4.98 Å². The predicted octanol–water partition coefficient (Wildman–Crippen LogP) is 1.69. The van der Waals surface area contributed by atoms with Crippen molar-refractivity contribution >= 4 is 5.78 Å². The van der Waals surface area contributed by atoms with Crippen LogP contribution in [0.2, 0.25) is 0 Å². The monoisotopic (exact) mass is 167 g/mol. The third-order valence-electron chi connectivity index (χ3n) is 0.870. The molecule has 12 heavy (non-hydrogen) atoms. The lowest BCUT2D eigenvalue weighted by Crippen LogP contribution is -1.80. The van der Waals surface area contributed by atoms with Crippen LogP contribution in [-0.2, 0) is 4.79 Å². The van der Waals surface area contributed by atoms with Crippen molar-refractivity contribution in [3.8, 4) is 5.75 Å². The van der Waals surface area contributed by atoms with Crippen molar-refractivity contribution in [2.45, 2.75) is 13.8 Å². The smallest absolute Gasteiger partial charge is 0.137 e. The molecule has 0 fully saturated rings. The molecule has 1 aromatic heterocycles. The number of nitrogens with zero attached hydrogens (tertiary/aromatic N) is 1. The maximum Gasteiger partial charge on any atom is 0.137 e. The summed E-state index contributed by atoms with van der Waals surface area (Å²) in [5, 5.41) is 0. The molecule has 0 aromatic carbocycles. The first kappa shape index (κ1) is 10.6. The van der Waals surface area contributed by atoms with E-state index in [1.54, 1.807) is 19.5 Å². The summed E-state index contributed by atoms with van der Waals surface area (Å²) < 4.78 is 4.85. The van der Waals surface area contributed by atoms with Gasteiger partial charge in [0.25, 0.3) is 0 Å². The summed E-state index contributed by atoms with van der Waals surface area (Å²) in [5.74, 6) is 0.965. The number of carbonyl (C=O) groups is 1. The van der Waals surface area contributed by atoms with E-state index < -0.39 is 0 Å². The van der Waals surface area contributed by atoms with Crippen molar-refractivity contribution in [1.29, 1.82) is 0 Å². The van der Waals surface area contributed by atoms with Crippen molar-refractivity contribution in [1.82, 2.24) is 4.98 Å². The molecule has 0 atom stereocenters. The highest BCUT2D eigenvalue weighted by molar-refractivity contribution is 5.72. The topological polar surface area (TPSA) is 39.2 Å². The van der Waals surface area contributed by atoms with Crippen LogP contribution >= 0.6 is 0 Å². The average molecular weight is 167 g/mol. The van der Waals surface area contributed by atoms with Crippen LogP contribution in [0.4, 0.5) is 0 Å². The lowest BCUT2D eigenvalue weighted by Gasteiger charge is -1.93. The van der Waals surface area contributed by atoms with Crippen LogP contribution in [0, 0.1) is 0 Å². The minimum atomic E-state index is 0.167. The molecule has 66 valence electrons. The summed E-state index contributed by atoms with van der Waals surface area (Å²) in [6.07, 6.45) is 3.38. The number of carbonyl (C=O) groups excluding carboxylic acids is 1. The zero-order valence-corrected chi connectivity index (χ0v) is 7.57. The number of ether oxygens (including phenoxy) is 1. The van der Waals surface area contributed by atoms with Crippen molar-refractivity contribution in [2.75, 3.05) is 7.11 Å². The first-order valence-electron chi connectivity index (χ1n) is 3.58. The molecular weight excluding hydrogens is 154 g/mol. The second-order valence-corrected chi connectivity index (χ2v) is 2.30. The number of hydrogen-bond acceptors (Lipinski definition) is 3. The van der Waals surface area contributed by atoms with E-state index in [2.05, 4.69) is 4.98 Å². The third-order valence-corrected chi connectivity index (χ3v) is 0.870. The van der Waals surface area contributed by atoms with Gasteiger partial charge >= 0.3 is 0 Å². The van der Waals surface area contributed by atoms with Gasteiger partial charge in [0.15, 0.2) is 0 Å². The molecule has 1 rings (SSSR count). The van der Waals surface area contributed by atoms with Gasteiger partial charge in [-0.2, -0.15) is 0 Å². The van der Waals surface area contributed by atoms with Gasteiger partial charge in [0, 0.05) is 6.20 Å². The highest BCUT2D eigenvalue weighted by atomic mass is 16.5. The van der Waals surface area contributed by atoms with E-state index in [9.17, 15) is 4.79 Å². The van der Waals surface area contributed by atoms with Crippen molar-refractivity contribution < 1.29 is 9.53 Å². The van der Waals surface area contributed by atoms with E-state index >= 15 is 0 Å². The lowest BCUT2D eigenvalue weighted by atomic mass is 10.5. The maximum absolute atomic E-state index is 9.44. The van der Waals surface area contributed by atoms with E-state index in [4.69, 9.17) is 4.74 Å². The second-order valence-electron chi connectivity index (χ2n) is 2.30. The summed E-state index contributed by atoms with van der Waals surface area (Å²) >= 11 is 0. The number of rotatable bonds is 1. The van der Waals surface area contributed by atoms with Crippen molar-refractivity contribution in [2.24, 2.45) is 0 Å². The molecule has 0 spiro atoms. The molecule has 3 heteroatoms. The average Bonchev–Trinajstić information content (AvgIpc) is 2.05. The first-order chi connectivity index (χ1) is 5.66. The molecule has 1 aromatic rings. The van der Waals surface area contributed by atoms with Crippen LogP contribution in [0.25, 0.3) is 0 Å². The number of aromatic nitrogens is 1. The molecule has 0 bridgehead atoms. The van der Waals surface area contributed by atoms with Gasteiger partial charge in [0.05, 0.1) is 13.3 Å². The quantitative estimate of drug-likeness (QED) is 0.638. The maximum atomic E-state index is 9.44. The fourth-order valence-electron chi connectivity index (χ4n) is 0.468. The summed E-state index contributed by atoms with van der Waals surface area (Å²) in [5.41, 5.74) is 0. The SMILES string of the molecule is CC(C)=O.COc1cccnc1. The van der Waals surface area contributed by atoms with Gasteiger partial charge in [-0.25, -0.2) is 0 Å². The molecule has 0 unspecified atom stereocenters. The molecule has 0 aliphatic carbocycles. The van der Waals surface area contributed by atoms with Crippen LogP contribution < -0.4 is 4.74 Å². The lowest BCUT2D eigenvalue weighted by molar-refractivity contribution is -0.114. The summed E-state index contributed by atoms with van der Waals surface area (Å²) in [4.78, 5) is 13.3. The Kier molecular flexibility index (Phi) is 5.61. The molecule has 0 saturated carbocycles. The first-order valence-corrected chi connectivity index (χ1v) is 3.58. The van der Waals surface area contributed by atoms with E-state index in [0.29, 0.717) is 0 Å². The Bertz CT molecular complexity index is 217. The molecule has 0 saturated heterocycles. The van der Waals surface area contributed by atoms with Gasteiger partial charge in [0.2, 0.25) is 0 Å². The Labute approximate surface area is 72.4 Å². The largest absolute Gasteiger partial charge is 0.495 e. The fraction of sp³-hybridized carbons (Fsp3) is 0.333. The minimum Gasteiger partial charge on any atom is -0.495 e. The van der Waals surface area contributed by atoms with Gasteiger partial charge in [-0.1, -0.05) is 0 Å². The highest BCUT2D eigenvalue weighted by Crippen LogP contribution is 2.02. The number of hydrogen-bond donors (Lipinski definition) is 0. The fourth-order valence-corrected chi connectivity index (χ4v) is 0.468. The van der Waals surface area contributed by atoms with E-state index in [1.807, 2.05) is 12.1 Å². The van der Waals surface area contributed by atoms with E-state index in [0.717, 1.165) is 5.75 Å². The van der Waals surface area contributed by atoms with E-state index in [1.165, 1.54) is 13.8 Å².